The van der Waals surface area contributed by atoms with Crippen molar-refractivity contribution < 1.29 is 27.4 Å². The Morgan fingerprint density at radius 1 is 0.947 bits per heavy atom. The van der Waals surface area contributed by atoms with E-state index in [1.807, 2.05) is 6.07 Å². The minimum absolute atomic E-state index is 0.114. The molecule has 3 aromatic carbocycles. The number of nitrogens with one attached hydrogen (secondary N) is 1. The van der Waals surface area contributed by atoms with Crippen LogP contribution in [0.25, 0.3) is 11.3 Å². The zero-order chi connectivity index (χ0) is 26.9. The lowest BCUT2D eigenvalue weighted by Crippen LogP contribution is -2.13. The van der Waals surface area contributed by atoms with Crippen molar-refractivity contribution in [1.82, 2.24) is 10.2 Å². The molecular formula is C27H18Cl2F3N3O3. The molecule has 0 fully saturated rings. The average Bonchev–Trinajstić information content (AvgIpc) is 2.89. The number of aryl methyl sites for hydroxylation is 1. The van der Waals surface area contributed by atoms with Crippen molar-refractivity contribution in [3.63, 3.8) is 0 Å². The Labute approximate surface area is 225 Å². The predicted molar refractivity (Wildman–Crippen MR) is 137 cm³/mol. The van der Waals surface area contributed by atoms with Crippen LogP contribution in [-0.2, 0) is 12.6 Å². The van der Waals surface area contributed by atoms with Gasteiger partial charge in [0.25, 0.3) is 5.91 Å². The summed E-state index contributed by atoms with van der Waals surface area (Å²) in [6.45, 7) is 0.647. The molecule has 0 saturated carbocycles. The van der Waals surface area contributed by atoms with Crippen LogP contribution in [0, 0.1) is 0 Å². The Morgan fingerprint density at radius 3 is 2.42 bits per heavy atom. The molecule has 0 spiro atoms. The number of benzene rings is 3. The monoisotopic (exact) mass is 559 g/mol. The van der Waals surface area contributed by atoms with Crippen LogP contribution in [0.15, 0.2) is 66.7 Å². The number of hydrogen-bond donors (Lipinski definition) is 1. The van der Waals surface area contributed by atoms with Gasteiger partial charge in [0.05, 0.1) is 27.9 Å². The van der Waals surface area contributed by atoms with E-state index in [1.54, 1.807) is 30.3 Å². The lowest BCUT2D eigenvalue weighted by Gasteiger charge is -2.19. The molecule has 1 aromatic heterocycles. The second-order valence-electron chi connectivity index (χ2n) is 8.42. The summed E-state index contributed by atoms with van der Waals surface area (Å²) in [7, 11) is 0. The highest BCUT2D eigenvalue weighted by atomic mass is 35.5. The standard InChI is InChI=1S/C27H18Cl2F3N3O3/c28-20-13-17(27(30,31)32)5-8-19(20)22-9-10-25(35-34-22)33-26(36)15-3-6-18(7-4-15)38-24-14-23-16(12-21(24)29)2-1-11-37-23/h3-10,12-14H,1-2,11H2,(H,33,35,36). The SMILES string of the molecule is O=C(Nc1ccc(-c2ccc(C(F)(F)F)cc2Cl)nn1)c1ccc(Oc2cc3c(cc2Cl)CCCO3)cc1. The number of carbonyl (C=O) groups excluding carboxylic acids is 1. The Kier molecular flexibility index (Phi) is 7.14. The maximum absolute atomic E-state index is 12.9. The largest absolute Gasteiger partial charge is 0.493 e. The van der Waals surface area contributed by atoms with Gasteiger partial charge in [-0.05, 0) is 73.0 Å². The van der Waals surface area contributed by atoms with Gasteiger partial charge in [-0.2, -0.15) is 13.2 Å². The van der Waals surface area contributed by atoms with Crippen LogP contribution < -0.4 is 14.8 Å². The number of alkyl halides is 3. The molecule has 0 unspecified atom stereocenters. The van der Waals surface area contributed by atoms with E-state index in [9.17, 15) is 18.0 Å². The predicted octanol–water partition coefficient (Wildman–Crippen LogP) is 7.84. The van der Waals surface area contributed by atoms with Gasteiger partial charge in [-0.1, -0.05) is 29.3 Å². The second kappa shape index (κ2) is 10.5. The molecule has 5 rings (SSSR count). The molecule has 0 bridgehead atoms. The van der Waals surface area contributed by atoms with Crippen LogP contribution in [0.4, 0.5) is 19.0 Å². The molecular weight excluding hydrogens is 542 g/mol. The summed E-state index contributed by atoms with van der Waals surface area (Å²) >= 11 is 12.4. The highest BCUT2D eigenvalue weighted by Crippen LogP contribution is 2.38. The number of nitrogens with zero attached hydrogens (tertiary/aromatic N) is 2. The summed E-state index contributed by atoms with van der Waals surface area (Å²) < 4.78 is 50.1. The van der Waals surface area contributed by atoms with Crippen LogP contribution >= 0.6 is 23.2 Å². The summed E-state index contributed by atoms with van der Waals surface area (Å²) in [6.07, 6.45) is -2.67. The first-order valence-corrected chi connectivity index (χ1v) is 12.2. The molecule has 1 aliphatic rings. The van der Waals surface area contributed by atoms with E-state index in [0.29, 0.717) is 28.7 Å². The maximum atomic E-state index is 12.9. The van der Waals surface area contributed by atoms with Crippen LogP contribution in [0.5, 0.6) is 17.2 Å². The van der Waals surface area contributed by atoms with Gasteiger partial charge in [0.2, 0.25) is 0 Å². The Bertz CT molecular complexity index is 1490. The van der Waals surface area contributed by atoms with Crippen LogP contribution in [0.1, 0.15) is 27.9 Å². The van der Waals surface area contributed by atoms with Crippen LogP contribution in [0.2, 0.25) is 10.0 Å². The summed E-state index contributed by atoms with van der Waals surface area (Å²) in [6, 6.07) is 16.0. The van der Waals surface area contributed by atoms with Crippen molar-refractivity contribution in [3.05, 3.63) is 93.5 Å². The van der Waals surface area contributed by atoms with Gasteiger partial charge in [-0.3, -0.25) is 4.79 Å². The lowest BCUT2D eigenvalue weighted by molar-refractivity contribution is -0.137. The molecule has 1 N–H and O–H groups in total. The van der Waals surface area contributed by atoms with Gasteiger partial charge in [-0.25, -0.2) is 0 Å². The van der Waals surface area contributed by atoms with E-state index in [0.717, 1.165) is 36.3 Å². The van der Waals surface area contributed by atoms with Crippen molar-refractivity contribution in [2.75, 3.05) is 11.9 Å². The Morgan fingerprint density at radius 2 is 1.74 bits per heavy atom. The molecule has 2 heterocycles. The smallest absolute Gasteiger partial charge is 0.416 e. The minimum atomic E-state index is -4.50. The van der Waals surface area contributed by atoms with Crippen LogP contribution in [0.3, 0.4) is 0 Å². The number of amides is 1. The quantitative estimate of drug-likeness (QED) is 0.269. The number of halogens is 5. The van der Waals surface area contributed by atoms with Gasteiger partial charge < -0.3 is 14.8 Å². The number of aromatic nitrogens is 2. The van der Waals surface area contributed by atoms with E-state index in [1.165, 1.54) is 18.2 Å². The van der Waals surface area contributed by atoms with Crippen molar-refractivity contribution in [2.45, 2.75) is 19.0 Å². The number of anilines is 1. The second-order valence-corrected chi connectivity index (χ2v) is 9.23. The summed E-state index contributed by atoms with van der Waals surface area (Å²) in [4.78, 5) is 12.7. The maximum Gasteiger partial charge on any atom is 0.416 e. The minimum Gasteiger partial charge on any atom is -0.493 e. The molecule has 1 aliphatic heterocycles. The molecule has 0 saturated heterocycles. The summed E-state index contributed by atoms with van der Waals surface area (Å²) in [5.41, 5.74) is 1.06. The summed E-state index contributed by atoms with van der Waals surface area (Å²) in [5.74, 6) is 1.40. The molecule has 0 radical (unpaired) electrons. The third-order valence-electron chi connectivity index (χ3n) is 5.79. The van der Waals surface area contributed by atoms with Gasteiger partial charge >= 0.3 is 6.18 Å². The third-order valence-corrected chi connectivity index (χ3v) is 6.39. The fraction of sp³-hybridized carbons (Fsp3) is 0.148. The topological polar surface area (TPSA) is 73.3 Å². The van der Waals surface area contributed by atoms with Gasteiger partial charge in [0.1, 0.15) is 17.2 Å². The lowest BCUT2D eigenvalue weighted by atomic mass is 10.1. The highest BCUT2D eigenvalue weighted by molar-refractivity contribution is 6.33. The Balaban J connectivity index is 1.24. The molecule has 0 atom stereocenters. The third kappa shape index (κ3) is 5.69. The molecule has 6 nitrogen and oxygen atoms in total. The van der Waals surface area contributed by atoms with E-state index in [-0.39, 0.29) is 22.1 Å². The van der Waals surface area contributed by atoms with Gasteiger partial charge in [-0.15, -0.1) is 10.2 Å². The first kappa shape index (κ1) is 25.8. The zero-order valence-electron chi connectivity index (χ0n) is 19.5. The van der Waals surface area contributed by atoms with E-state index < -0.39 is 17.6 Å². The zero-order valence-corrected chi connectivity index (χ0v) is 21.0. The molecule has 11 heteroatoms. The molecule has 194 valence electrons. The first-order chi connectivity index (χ1) is 18.2. The number of carbonyl (C=O) groups is 1. The van der Waals surface area contributed by atoms with E-state index >= 15 is 0 Å². The first-order valence-electron chi connectivity index (χ1n) is 11.4. The fourth-order valence-corrected chi connectivity index (χ4v) is 4.36. The molecule has 4 aromatic rings. The van der Waals surface area contributed by atoms with Crippen molar-refractivity contribution >= 4 is 34.9 Å². The van der Waals surface area contributed by atoms with Crippen LogP contribution in [-0.4, -0.2) is 22.7 Å². The number of hydrogen-bond acceptors (Lipinski definition) is 5. The van der Waals surface area contributed by atoms with E-state index in [2.05, 4.69) is 15.5 Å². The normalized spacial score (nSPS) is 12.9. The molecule has 0 aliphatic carbocycles. The van der Waals surface area contributed by atoms with Crippen molar-refractivity contribution in [1.29, 1.82) is 0 Å². The van der Waals surface area contributed by atoms with Gasteiger partial charge in [0.15, 0.2) is 5.82 Å². The number of rotatable bonds is 5. The molecule has 38 heavy (non-hydrogen) atoms. The van der Waals surface area contributed by atoms with Crippen molar-refractivity contribution in [2.24, 2.45) is 0 Å². The Hall–Kier alpha value is -3.82. The number of ether oxygens (including phenoxy) is 2. The molecule has 1 amide bonds. The summed E-state index contributed by atoms with van der Waals surface area (Å²) in [5, 5.41) is 10.9. The highest BCUT2D eigenvalue weighted by Gasteiger charge is 2.31. The average molecular weight is 560 g/mol. The van der Waals surface area contributed by atoms with E-state index in [4.69, 9.17) is 32.7 Å². The number of fused-ring (bicyclic) bond motifs is 1. The van der Waals surface area contributed by atoms with Crippen molar-refractivity contribution in [3.8, 4) is 28.5 Å². The fourth-order valence-electron chi connectivity index (χ4n) is 3.86. The van der Waals surface area contributed by atoms with Gasteiger partial charge in [0, 0.05) is 17.2 Å².